The third-order valence-electron chi connectivity index (χ3n) is 4.71. The lowest BCUT2D eigenvalue weighted by molar-refractivity contribution is -0.122. The molecule has 1 atom stereocenters. The number of hydrogen-bond donors (Lipinski definition) is 1. The molecule has 2 amide bonds. The number of thiophene rings is 1. The smallest absolute Gasteiger partial charge is 0.409 e. The Labute approximate surface area is 158 Å². The van der Waals surface area contributed by atoms with Crippen molar-refractivity contribution >= 4 is 23.3 Å². The summed E-state index contributed by atoms with van der Waals surface area (Å²) in [5.74, 6) is -0.214. The molecule has 0 aliphatic heterocycles. The van der Waals surface area contributed by atoms with Gasteiger partial charge in [-0.05, 0) is 53.8 Å². The highest BCUT2D eigenvalue weighted by molar-refractivity contribution is 7.10. The second-order valence-electron chi connectivity index (χ2n) is 6.58. The van der Waals surface area contributed by atoms with Crippen molar-refractivity contribution in [3.05, 3.63) is 57.3 Å². The molecule has 0 radical (unpaired) electrons. The number of carbonyl (C=O) groups excluding carboxylic acids is 2. The first-order chi connectivity index (χ1) is 12.6. The van der Waals surface area contributed by atoms with E-state index in [2.05, 4.69) is 28.3 Å². The molecule has 1 aliphatic rings. The molecule has 0 unspecified atom stereocenters. The van der Waals surface area contributed by atoms with E-state index in [1.165, 1.54) is 36.0 Å². The maximum absolute atomic E-state index is 12.5. The number of amides is 2. The number of hydrogen-bond acceptors (Lipinski definition) is 4. The maximum atomic E-state index is 12.5. The van der Waals surface area contributed by atoms with Gasteiger partial charge in [0.2, 0.25) is 5.91 Å². The average Bonchev–Trinajstić information content (AvgIpc) is 3.19. The zero-order valence-corrected chi connectivity index (χ0v) is 16.0. The third-order valence-corrected chi connectivity index (χ3v) is 5.64. The highest BCUT2D eigenvalue weighted by atomic mass is 32.1. The molecule has 1 aromatic heterocycles. The van der Waals surface area contributed by atoms with Crippen LogP contribution in [0.15, 0.2) is 35.7 Å². The summed E-state index contributed by atoms with van der Waals surface area (Å²) in [5, 5.41) is 5.08. The first kappa shape index (κ1) is 18.5. The van der Waals surface area contributed by atoms with Gasteiger partial charge in [0.25, 0.3) is 0 Å². The first-order valence-corrected chi connectivity index (χ1v) is 9.70. The predicted molar refractivity (Wildman–Crippen MR) is 102 cm³/mol. The topological polar surface area (TPSA) is 58.6 Å². The average molecular weight is 372 g/mol. The summed E-state index contributed by atoms with van der Waals surface area (Å²) in [7, 11) is 2.85. The van der Waals surface area contributed by atoms with Gasteiger partial charge in [-0.3, -0.25) is 4.79 Å². The Bertz CT molecular complexity index is 773. The van der Waals surface area contributed by atoms with E-state index in [1.54, 1.807) is 18.4 Å². The van der Waals surface area contributed by atoms with Crippen LogP contribution in [0.1, 0.15) is 40.5 Å². The predicted octanol–water partition coefficient (Wildman–Crippen LogP) is 3.53. The Morgan fingerprint density at radius 2 is 2.00 bits per heavy atom. The van der Waals surface area contributed by atoms with Gasteiger partial charge in [0.15, 0.2) is 0 Å². The van der Waals surface area contributed by atoms with Crippen LogP contribution in [-0.4, -0.2) is 37.6 Å². The Morgan fingerprint density at radius 1 is 1.23 bits per heavy atom. The van der Waals surface area contributed by atoms with Crippen LogP contribution < -0.4 is 5.32 Å². The number of fused-ring (bicyclic) bond motifs is 1. The Hall–Kier alpha value is -2.34. The minimum Gasteiger partial charge on any atom is -0.453 e. The summed E-state index contributed by atoms with van der Waals surface area (Å²) in [6.07, 6.45) is 4.17. The fourth-order valence-electron chi connectivity index (χ4n) is 3.35. The number of nitrogens with zero attached hydrogens (tertiary/aromatic N) is 1. The van der Waals surface area contributed by atoms with Crippen LogP contribution in [0.4, 0.5) is 4.79 Å². The monoisotopic (exact) mass is 372 g/mol. The van der Waals surface area contributed by atoms with E-state index >= 15 is 0 Å². The number of rotatable bonds is 5. The van der Waals surface area contributed by atoms with E-state index in [0.29, 0.717) is 0 Å². The van der Waals surface area contributed by atoms with Gasteiger partial charge in [-0.2, -0.15) is 0 Å². The summed E-state index contributed by atoms with van der Waals surface area (Å²) in [4.78, 5) is 26.3. The van der Waals surface area contributed by atoms with Gasteiger partial charge in [-0.15, -0.1) is 11.3 Å². The summed E-state index contributed by atoms with van der Waals surface area (Å²) in [6.45, 7) is -0.0422. The molecule has 0 saturated carbocycles. The third kappa shape index (κ3) is 4.25. The van der Waals surface area contributed by atoms with Crippen molar-refractivity contribution in [3.63, 3.8) is 0 Å². The Kier molecular flexibility index (Phi) is 5.93. The van der Waals surface area contributed by atoms with Crippen molar-refractivity contribution in [2.75, 3.05) is 20.7 Å². The van der Waals surface area contributed by atoms with Crippen LogP contribution in [0.25, 0.3) is 0 Å². The van der Waals surface area contributed by atoms with E-state index in [-0.39, 0.29) is 18.5 Å². The number of methoxy groups -OCH3 is 1. The second kappa shape index (κ2) is 8.36. The zero-order valence-electron chi connectivity index (χ0n) is 15.2. The highest BCUT2D eigenvalue weighted by Crippen LogP contribution is 2.30. The summed E-state index contributed by atoms with van der Waals surface area (Å²) in [6, 6.07) is 10.3. The highest BCUT2D eigenvalue weighted by Gasteiger charge is 2.21. The van der Waals surface area contributed by atoms with Crippen molar-refractivity contribution in [1.82, 2.24) is 10.2 Å². The van der Waals surface area contributed by atoms with Crippen LogP contribution in [0.3, 0.4) is 0 Å². The summed E-state index contributed by atoms with van der Waals surface area (Å²) < 4.78 is 4.65. The van der Waals surface area contributed by atoms with Crippen molar-refractivity contribution in [1.29, 1.82) is 0 Å². The minimum atomic E-state index is -0.526. The standard InChI is InChI=1S/C20H24N2O3S/c1-22(20(24)25-2)13-18(23)21-19(17-8-5-11-26-17)16-10-9-14-6-3-4-7-15(14)12-16/h5,8-12,19H,3-4,6-7,13H2,1-2H3,(H,21,23)/t19-/m0/s1. The molecule has 6 heteroatoms. The fraction of sp³-hybridized carbons (Fsp3) is 0.400. The molecular weight excluding hydrogens is 348 g/mol. The van der Waals surface area contributed by atoms with Crippen molar-refractivity contribution in [3.8, 4) is 0 Å². The number of likely N-dealkylation sites (N-methyl/N-ethyl adjacent to an activating group) is 1. The van der Waals surface area contributed by atoms with E-state index < -0.39 is 6.09 Å². The van der Waals surface area contributed by atoms with Gasteiger partial charge < -0.3 is 15.0 Å². The van der Waals surface area contributed by atoms with Crippen LogP contribution >= 0.6 is 11.3 Å². The maximum Gasteiger partial charge on any atom is 0.409 e. The van der Waals surface area contributed by atoms with E-state index in [4.69, 9.17) is 0 Å². The normalized spacial score (nSPS) is 14.2. The SMILES string of the molecule is COC(=O)N(C)CC(=O)N[C@@H](c1ccc2c(c1)CCCC2)c1cccs1. The largest absolute Gasteiger partial charge is 0.453 e. The van der Waals surface area contributed by atoms with Crippen molar-refractivity contribution in [2.24, 2.45) is 0 Å². The number of ether oxygens (including phenoxy) is 1. The van der Waals surface area contributed by atoms with Gasteiger partial charge >= 0.3 is 6.09 Å². The van der Waals surface area contributed by atoms with Crippen LogP contribution in [0, 0.1) is 0 Å². The van der Waals surface area contributed by atoms with Gasteiger partial charge in [0.05, 0.1) is 13.2 Å². The lowest BCUT2D eigenvalue weighted by Crippen LogP contribution is -2.40. The lowest BCUT2D eigenvalue weighted by atomic mass is 9.89. The molecule has 0 fully saturated rings. The molecular formula is C20H24N2O3S. The van der Waals surface area contributed by atoms with Gasteiger partial charge in [-0.25, -0.2) is 4.79 Å². The molecule has 1 N–H and O–H groups in total. The molecule has 1 aromatic carbocycles. The summed E-state index contributed by atoms with van der Waals surface area (Å²) >= 11 is 1.61. The molecule has 1 aliphatic carbocycles. The molecule has 0 spiro atoms. The first-order valence-electron chi connectivity index (χ1n) is 8.82. The molecule has 0 bridgehead atoms. The van der Waals surface area contributed by atoms with Gasteiger partial charge in [-0.1, -0.05) is 24.3 Å². The molecule has 138 valence electrons. The molecule has 2 aromatic rings. The van der Waals surface area contributed by atoms with E-state index in [0.717, 1.165) is 23.3 Å². The van der Waals surface area contributed by atoms with Crippen LogP contribution in [0.5, 0.6) is 0 Å². The number of aryl methyl sites for hydroxylation is 2. The summed E-state index contributed by atoms with van der Waals surface area (Å²) in [5.41, 5.74) is 3.89. The lowest BCUT2D eigenvalue weighted by Gasteiger charge is -2.23. The van der Waals surface area contributed by atoms with Crippen LogP contribution in [0.2, 0.25) is 0 Å². The fourth-order valence-corrected chi connectivity index (χ4v) is 4.15. The molecule has 5 nitrogen and oxygen atoms in total. The molecule has 1 heterocycles. The van der Waals surface area contributed by atoms with Gasteiger partial charge in [0.1, 0.15) is 6.54 Å². The Balaban J connectivity index is 1.80. The van der Waals surface area contributed by atoms with E-state index in [9.17, 15) is 9.59 Å². The molecule has 26 heavy (non-hydrogen) atoms. The zero-order chi connectivity index (χ0) is 18.5. The van der Waals surface area contributed by atoms with Crippen molar-refractivity contribution < 1.29 is 14.3 Å². The quantitative estimate of drug-likeness (QED) is 0.873. The number of carbonyl (C=O) groups is 2. The number of nitrogens with one attached hydrogen (secondary N) is 1. The Morgan fingerprint density at radius 3 is 2.69 bits per heavy atom. The van der Waals surface area contributed by atoms with E-state index in [1.807, 2.05) is 17.5 Å². The minimum absolute atomic E-state index is 0.0422. The molecule has 0 saturated heterocycles. The second-order valence-corrected chi connectivity index (χ2v) is 7.56. The number of benzene rings is 1. The molecule has 3 rings (SSSR count). The van der Waals surface area contributed by atoms with Gasteiger partial charge in [0, 0.05) is 11.9 Å². The van der Waals surface area contributed by atoms with Crippen LogP contribution in [-0.2, 0) is 22.4 Å². The van der Waals surface area contributed by atoms with Crippen molar-refractivity contribution in [2.45, 2.75) is 31.7 Å².